The van der Waals surface area contributed by atoms with E-state index in [2.05, 4.69) is 40.6 Å². The lowest BCUT2D eigenvalue weighted by Gasteiger charge is -2.09. The number of pyridine rings is 1. The van der Waals surface area contributed by atoms with Crippen LogP contribution in [0, 0.1) is 3.57 Å². The second-order valence-corrected chi connectivity index (χ2v) is 6.50. The molecule has 4 heteroatoms. The minimum atomic E-state index is 0.00337. The van der Waals surface area contributed by atoms with Crippen molar-refractivity contribution in [1.82, 2.24) is 4.98 Å². The van der Waals surface area contributed by atoms with Gasteiger partial charge in [0.1, 0.15) is 0 Å². The van der Waals surface area contributed by atoms with Crippen molar-refractivity contribution >= 4 is 39.3 Å². The summed E-state index contributed by atoms with van der Waals surface area (Å²) >= 11 is 2.23. The number of hydrogen-bond donors (Lipinski definition) is 0. The summed E-state index contributed by atoms with van der Waals surface area (Å²) in [5.74, 6) is 0.627. The van der Waals surface area contributed by atoms with E-state index in [1.807, 2.05) is 42.5 Å². The van der Waals surface area contributed by atoms with E-state index in [-0.39, 0.29) is 5.78 Å². The molecule has 0 aliphatic rings. The number of aryl methyl sites for hydroxylation is 1. The first-order valence-corrected chi connectivity index (χ1v) is 8.48. The Kier molecular flexibility index (Phi) is 4.61. The molecule has 0 bridgehead atoms. The predicted octanol–water partition coefficient (Wildman–Crippen LogP) is 4.64. The summed E-state index contributed by atoms with van der Waals surface area (Å²) in [4.78, 5) is 17.2. The van der Waals surface area contributed by atoms with Crippen LogP contribution in [0.2, 0.25) is 0 Å². The van der Waals surface area contributed by atoms with Crippen LogP contribution in [0.1, 0.15) is 28.4 Å². The Hall–Kier alpha value is -1.95. The zero-order valence-electron chi connectivity index (χ0n) is 13.0. The normalized spacial score (nSPS) is 10.7. The highest BCUT2D eigenvalue weighted by molar-refractivity contribution is 14.1. The van der Waals surface area contributed by atoms with E-state index < -0.39 is 0 Å². The van der Waals surface area contributed by atoms with Crippen LogP contribution < -0.4 is 4.74 Å². The van der Waals surface area contributed by atoms with Gasteiger partial charge in [-0.15, -0.1) is 0 Å². The third-order valence-electron chi connectivity index (χ3n) is 3.80. The van der Waals surface area contributed by atoms with Crippen LogP contribution in [0.3, 0.4) is 0 Å². The number of benzene rings is 2. The van der Waals surface area contributed by atoms with E-state index in [1.165, 1.54) is 0 Å². The first-order chi connectivity index (χ1) is 11.1. The van der Waals surface area contributed by atoms with E-state index >= 15 is 0 Å². The Morgan fingerprint density at radius 2 is 1.78 bits per heavy atom. The number of ketones is 1. The Bertz CT molecular complexity index is 872. The highest BCUT2D eigenvalue weighted by Gasteiger charge is 2.12. The number of aromatic nitrogens is 1. The third kappa shape index (κ3) is 3.22. The molecule has 1 aromatic heterocycles. The van der Waals surface area contributed by atoms with Gasteiger partial charge in [-0.05, 0) is 65.4 Å². The Morgan fingerprint density at radius 1 is 1.09 bits per heavy atom. The molecule has 0 fully saturated rings. The Balaban J connectivity index is 2.05. The van der Waals surface area contributed by atoms with Crippen LogP contribution >= 0.6 is 22.6 Å². The predicted molar refractivity (Wildman–Crippen MR) is 100 cm³/mol. The van der Waals surface area contributed by atoms with Gasteiger partial charge in [0.2, 0.25) is 5.88 Å². The average molecular weight is 417 g/mol. The van der Waals surface area contributed by atoms with Gasteiger partial charge in [0.15, 0.2) is 5.78 Å². The molecule has 0 saturated carbocycles. The van der Waals surface area contributed by atoms with Crippen molar-refractivity contribution in [2.24, 2.45) is 0 Å². The van der Waals surface area contributed by atoms with Crippen molar-refractivity contribution in [3.63, 3.8) is 0 Å². The van der Waals surface area contributed by atoms with Gasteiger partial charge in [-0.1, -0.05) is 19.1 Å². The summed E-state index contributed by atoms with van der Waals surface area (Å²) in [5, 5.41) is 1.02. The quantitative estimate of drug-likeness (QED) is 0.459. The second-order valence-electron chi connectivity index (χ2n) is 5.25. The smallest absolute Gasteiger partial charge is 0.216 e. The highest BCUT2D eigenvalue weighted by atomic mass is 127. The van der Waals surface area contributed by atoms with Gasteiger partial charge in [-0.2, -0.15) is 0 Å². The van der Waals surface area contributed by atoms with Crippen molar-refractivity contribution in [1.29, 1.82) is 0 Å². The van der Waals surface area contributed by atoms with Crippen molar-refractivity contribution < 1.29 is 9.53 Å². The minimum Gasteiger partial charge on any atom is -0.481 e. The molecule has 23 heavy (non-hydrogen) atoms. The summed E-state index contributed by atoms with van der Waals surface area (Å²) in [7, 11) is 1.62. The molecule has 0 unspecified atom stereocenters. The van der Waals surface area contributed by atoms with Gasteiger partial charge in [-0.3, -0.25) is 4.79 Å². The molecule has 0 atom stereocenters. The second kappa shape index (κ2) is 6.66. The van der Waals surface area contributed by atoms with E-state index in [9.17, 15) is 4.79 Å². The summed E-state index contributed by atoms with van der Waals surface area (Å²) < 4.78 is 6.45. The van der Waals surface area contributed by atoms with Gasteiger partial charge in [-0.25, -0.2) is 4.98 Å². The number of hydrogen-bond acceptors (Lipinski definition) is 3. The maximum absolute atomic E-state index is 12.6. The average Bonchev–Trinajstić information content (AvgIpc) is 2.60. The summed E-state index contributed by atoms with van der Waals surface area (Å²) in [6.07, 6.45) is 0.857. The fraction of sp³-hybridized carbons (Fsp3) is 0.158. The highest BCUT2D eigenvalue weighted by Crippen LogP contribution is 2.24. The van der Waals surface area contributed by atoms with Gasteiger partial charge < -0.3 is 4.74 Å². The molecule has 0 aliphatic carbocycles. The first-order valence-electron chi connectivity index (χ1n) is 7.40. The van der Waals surface area contributed by atoms with Crippen LogP contribution in [0.4, 0.5) is 0 Å². The van der Waals surface area contributed by atoms with Crippen molar-refractivity contribution in [2.45, 2.75) is 13.3 Å². The molecule has 3 rings (SSSR count). The van der Waals surface area contributed by atoms with Crippen LogP contribution in [-0.2, 0) is 6.42 Å². The van der Waals surface area contributed by atoms with Gasteiger partial charge >= 0.3 is 0 Å². The van der Waals surface area contributed by atoms with Gasteiger partial charge in [0.25, 0.3) is 0 Å². The molecule has 2 aromatic carbocycles. The molecule has 0 radical (unpaired) electrons. The number of carbonyl (C=O) groups is 1. The number of carbonyl (C=O) groups excluding carboxylic acids is 1. The number of rotatable bonds is 4. The fourth-order valence-corrected chi connectivity index (χ4v) is 2.89. The number of fused-ring (bicyclic) bond motifs is 1. The molecule has 3 nitrogen and oxygen atoms in total. The van der Waals surface area contributed by atoms with Crippen LogP contribution in [0.5, 0.6) is 5.88 Å². The van der Waals surface area contributed by atoms with Gasteiger partial charge in [0, 0.05) is 25.6 Å². The van der Waals surface area contributed by atoms with Crippen LogP contribution in [0.25, 0.3) is 10.9 Å². The first kappa shape index (κ1) is 15.9. The van der Waals surface area contributed by atoms with Crippen LogP contribution in [-0.4, -0.2) is 17.9 Å². The van der Waals surface area contributed by atoms with E-state index in [0.29, 0.717) is 17.0 Å². The van der Waals surface area contributed by atoms with E-state index in [1.54, 1.807) is 7.11 Å². The number of ether oxygens (including phenoxy) is 1. The molecular weight excluding hydrogens is 401 g/mol. The summed E-state index contributed by atoms with van der Waals surface area (Å²) in [6, 6.07) is 15.3. The van der Waals surface area contributed by atoms with Crippen LogP contribution in [0.15, 0.2) is 48.5 Å². The van der Waals surface area contributed by atoms with E-state index in [4.69, 9.17) is 4.74 Å². The molecule has 0 spiro atoms. The van der Waals surface area contributed by atoms with E-state index in [0.717, 1.165) is 26.5 Å². The van der Waals surface area contributed by atoms with Crippen molar-refractivity contribution in [3.05, 3.63) is 68.8 Å². The maximum Gasteiger partial charge on any atom is 0.216 e. The molecule has 0 aliphatic heterocycles. The third-order valence-corrected chi connectivity index (χ3v) is 4.52. The molecule has 3 aromatic rings. The minimum absolute atomic E-state index is 0.00337. The maximum atomic E-state index is 12.6. The summed E-state index contributed by atoms with van der Waals surface area (Å²) in [5.41, 5.74) is 3.16. The fourth-order valence-electron chi connectivity index (χ4n) is 2.53. The molecule has 0 amide bonds. The van der Waals surface area contributed by atoms with Crippen molar-refractivity contribution in [2.75, 3.05) is 7.11 Å². The zero-order valence-corrected chi connectivity index (χ0v) is 15.1. The Morgan fingerprint density at radius 3 is 2.43 bits per heavy atom. The largest absolute Gasteiger partial charge is 0.481 e. The van der Waals surface area contributed by atoms with Gasteiger partial charge in [0.05, 0.1) is 12.6 Å². The lowest BCUT2D eigenvalue weighted by molar-refractivity contribution is 0.103. The number of halogens is 1. The standard InChI is InChI=1S/C19H16INO2/c1-3-12-10-14-4-5-15(11-17(14)21-19(12)23-2)18(22)13-6-8-16(20)9-7-13/h4-11H,3H2,1-2H3. The number of methoxy groups -OCH3 is 1. The number of nitrogens with zero attached hydrogens (tertiary/aromatic N) is 1. The molecule has 1 heterocycles. The molecule has 116 valence electrons. The zero-order chi connectivity index (χ0) is 16.4. The molecule has 0 N–H and O–H groups in total. The lowest BCUT2D eigenvalue weighted by atomic mass is 10.0. The SMILES string of the molecule is CCc1cc2ccc(C(=O)c3ccc(I)cc3)cc2nc1OC. The molecule has 0 saturated heterocycles. The lowest BCUT2D eigenvalue weighted by Crippen LogP contribution is -2.02. The van der Waals surface area contributed by atoms with Crippen molar-refractivity contribution in [3.8, 4) is 5.88 Å². The molecular formula is C19H16INO2. The topological polar surface area (TPSA) is 39.2 Å². The summed E-state index contributed by atoms with van der Waals surface area (Å²) in [6.45, 7) is 2.07. The Labute approximate surface area is 148 Å². The monoisotopic (exact) mass is 417 g/mol.